The second kappa shape index (κ2) is 8.23. The van der Waals surface area contributed by atoms with Crippen molar-refractivity contribution >= 4 is 11.9 Å². The fraction of sp³-hybridized carbons (Fsp3) is 0.800. The highest BCUT2D eigenvalue weighted by Gasteiger charge is 2.11. The van der Waals surface area contributed by atoms with E-state index in [1.807, 2.05) is 13.8 Å². The van der Waals surface area contributed by atoms with Gasteiger partial charge in [-0.25, -0.2) is 0 Å². The topological polar surface area (TPSA) is 69.6 Å². The predicted molar refractivity (Wildman–Crippen MR) is 57.7 cm³/mol. The number of hydrogen-bond acceptors (Lipinski definition) is 3. The number of aliphatic carboxylic acids is 1. The number of nitrogens with zero attached hydrogens (tertiary/aromatic N) is 1. The van der Waals surface area contributed by atoms with Gasteiger partial charge in [0.05, 0.1) is 13.0 Å². The lowest BCUT2D eigenvalue weighted by atomic mass is 10.3. The maximum atomic E-state index is 11.5. The minimum Gasteiger partial charge on any atom is -0.481 e. The quantitative estimate of drug-likeness (QED) is 0.573. The highest BCUT2D eigenvalue weighted by atomic mass is 16.4. The van der Waals surface area contributed by atoms with Crippen molar-refractivity contribution in [1.29, 1.82) is 0 Å². The molecule has 0 rings (SSSR count). The van der Waals surface area contributed by atoms with E-state index in [0.717, 1.165) is 13.0 Å². The molecule has 15 heavy (non-hydrogen) atoms. The van der Waals surface area contributed by atoms with Crippen LogP contribution in [0.1, 0.15) is 26.7 Å². The molecule has 0 spiro atoms. The number of carbonyl (C=O) groups is 2. The lowest BCUT2D eigenvalue weighted by Crippen LogP contribution is -2.39. The Hall–Kier alpha value is -1.10. The average Bonchev–Trinajstić information content (AvgIpc) is 2.18. The Morgan fingerprint density at radius 2 is 2.00 bits per heavy atom. The first-order chi connectivity index (χ1) is 7.11. The fourth-order valence-electron chi connectivity index (χ4n) is 1.17. The van der Waals surface area contributed by atoms with Crippen molar-refractivity contribution in [3.8, 4) is 0 Å². The number of nitrogens with one attached hydrogen (secondary N) is 1. The van der Waals surface area contributed by atoms with Gasteiger partial charge < -0.3 is 15.3 Å². The Morgan fingerprint density at radius 3 is 2.47 bits per heavy atom. The molecule has 0 aliphatic carbocycles. The molecule has 0 atom stereocenters. The number of carbonyl (C=O) groups excluding carboxylic acids is 1. The largest absolute Gasteiger partial charge is 0.481 e. The van der Waals surface area contributed by atoms with E-state index in [1.165, 1.54) is 0 Å². The van der Waals surface area contributed by atoms with E-state index in [-0.39, 0.29) is 12.3 Å². The van der Waals surface area contributed by atoms with Crippen molar-refractivity contribution in [3.05, 3.63) is 0 Å². The Bertz CT molecular complexity index is 207. The Labute approximate surface area is 90.5 Å². The third-order valence-electron chi connectivity index (χ3n) is 2.03. The van der Waals surface area contributed by atoms with Crippen LogP contribution < -0.4 is 5.32 Å². The minimum atomic E-state index is -0.872. The molecule has 0 saturated carbocycles. The standard InChI is InChI=1S/C10H20N2O3/c1-3-6-11-8-9(13)12(4-2)7-5-10(14)15/h11H,3-8H2,1-2H3,(H,14,15). The van der Waals surface area contributed by atoms with Gasteiger partial charge in [0, 0.05) is 13.1 Å². The third-order valence-corrected chi connectivity index (χ3v) is 2.03. The fourth-order valence-corrected chi connectivity index (χ4v) is 1.17. The van der Waals surface area contributed by atoms with E-state index in [9.17, 15) is 9.59 Å². The zero-order valence-corrected chi connectivity index (χ0v) is 9.45. The molecule has 0 heterocycles. The summed E-state index contributed by atoms with van der Waals surface area (Å²) in [5.74, 6) is -0.907. The summed E-state index contributed by atoms with van der Waals surface area (Å²) in [6, 6.07) is 0. The average molecular weight is 216 g/mol. The van der Waals surface area contributed by atoms with Crippen molar-refractivity contribution in [2.75, 3.05) is 26.2 Å². The van der Waals surface area contributed by atoms with E-state index in [2.05, 4.69) is 5.32 Å². The van der Waals surface area contributed by atoms with Crippen LogP contribution in [0.4, 0.5) is 0 Å². The Morgan fingerprint density at radius 1 is 1.33 bits per heavy atom. The Balaban J connectivity index is 3.82. The van der Waals surface area contributed by atoms with Gasteiger partial charge in [0.15, 0.2) is 0 Å². The summed E-state index contributed by atoms with van der Waals surface area (Å²) >= 11 is 0. The van der Waals surface area contributed by atoms with E-state index in [4.69, 9.17) is 5.11 Å². The van der Waals surface area contributed by atoms with Crippen LogP contribution in [0.25, 0.3) is 0 Å². The van der Waals surface area contributed by atoms with Gasteiger partial charge in [-0.3, -0.25) is 9.59 Å². The number of rotatable bonds is 8. The SMILES string of the molecule is CCCNCC(=O)N(CC)CCC(=O)O. The number of amides is 1. The highest BCUT2D eigenvalue weighted by molar-refractivity contribution is 5.78. The van der Waals surface area contributed by atoms with Gasteiger partial charge in [-0.1, -0.05) is 6.92 Å². The maximum Gasteiger partial charge on any atom is 0.305 e. The molecule has 0 radical (unpaired) electrons. The normalized spacial score (nSPS) is 10.0. The first-order valence-corrected chi connectivity index (χ1v) is 5.32. The lowest BCUT2D eigenvalue weighted by Gasteiger charge is -2.20. The van der Waals surface area contributed by atoms with E-state index in [0.29, 0.717) is 19.6 Å². The molecule has 0 bridgehead atoms. The van der Waals surface area contributed by atoms with Crippen molar-refractivity contribution in [3.63, 3.8) is 0 Å². The first kappa shape index (κ1) is 13.9. The van der Waals surface area contributed by atoms with Crippen LogP contribution in [0.15, 0.2) is 0 Å². The molecule has 0 aromatic carbocycles. The monoisotopic (exact) mass is 216 g/mol. The highest BCUT2D eigenvalue weighted by Crippen LogP contribution is 1.92. The molecule has 0 aliphatic rings. The Kier molecular flexibility index (Phi) is 7.62. The van der Waals surface area contributed by atoms with Crippen LogP contribution in [0.2, 0.25) is 0 Å². The number of carboxylic acid groups (broad SMARTS) is 1. The molecule has 1 amide bonds. The van der Waals surface area contributed by atoms with E-state index >= 15 is 0 Å². The zero-order chi connectivity index (χ0) is 11.7. The molecular formula is C10H20N2O3. The van der Waals surface area contributed by atoms with E-state index < -0.39 is 5.97 Å². The molecule has 88 valence electrons. The molecular weight excluding hydrogens is 196 g/mol. The molecule has 5 heteroatoms. The smallest absolute Gasteiger partial charge is 0.305 e. The van der Waals surface area contributed by atoms with Crippen molar-refractivity contribution in [1.82, 2.24) is 10.2 Å². The van der Waals surface area contributed by atoms with Gasteiger partial charge in [-0.15, -0.1) is 0 Å². The second-order valence-electron chi connectivity index (χ2n) is 3.29. The third kappa shape index (κ3) is 6.90. The van der Waals surface area contributed by atoms with Crippen LogP contribution in [-0.2, 0) is 9.59 Å². The summed E-state index contributed by atoms with van der Waals surface area (Å²) in [7, 11) is 0. The molecule has 0 fully saturated rings. The zero-order valence-electron chi connectivity index (χ0n) is 9.45. The van der Waals surface area contributed by atoms with Gasteiger partial charge >= 0.3 is 5.97 Å². The minimum absolute atomic E-state index is 0.00730. The van der Waals surface area contributed by atoms with E-state index in [1.54, 1.807) is 4.90 Å². The van der Waals surface area contributed by atoms with Crippen molar-refractivity contribution in [2.45, 2.75) is 26.7 Å². The van der Waals surface area contributed by atoms with Crippen molar-refractivity contribution in [2.24, 2.45) is 0 Å². The molecule has 0 unspecified atom stereocenters. The van der Waals surface area contributed by atoms with Crippen LogP contribution in [0, 0.1) is 0 Å². The maximum absolute atomic E-state index is 11.5. The number of carboxylic acids is 1. The predicted octanol–water partition coefficient (Wildman–Crippen LogP) is 0.309. The van der Waals surface area contributed by atoms with Gasteiger partial charge in [0.2, 0.25) is 5.91 Å². The van der Waals surface area contributed by atoms with Crippen LogP contribution in [-0.4, -0.2) is 48.1 Å². The number of hydrogen-bond donors (Lipinski definition) is 2. The summed E-state index contributed by atoms with van der Waals surface area (Å²) in [5, 5.41) is 11.5. The van der Waals surface area contributed by atoms with Crippen LogP contribution in [0.3, 0.4) is 0 Å². The summed E-state index contributed by atoms with van der Waals surface area (Å²) in [6.45, 7) is 5.82. The lowest BCUT2D eigenvalue weighted by molar-refractivity contribution is -0.138. The van der Waals surface area contributed by atoms with Crippen LogP contribution >= 0.6 is 0 Å². The second-order valence-corrected chi connectivity index (χ2v) is 3.29. The van der Waals surface area contributed by atoms with Crippen LogP contribution in [0.5, 0.6) is 0 Å². The molecule has 5 nitrogen and oxygen atoms in total. The first-order valence-electron chi connectivity index (χ1n) is 5.32. The summed E-state index contributed by atoms with van der Waals surface area (Å²) < 4.78 is 0. The van der Waals surface area contributed by atoms with Gasteiger partial charge in [0.25, 0.3) is 0 Å². The number of likely N-dealkylation sites (N-methyl/N-ethyl adjacent to an activating group) is 1. The molecule has 2 N–H and O–H groups in total. The molecule has 0 aliphatic heterocycles. The van der Waals surface area contributed by atoms with Crippen molar-refractivity contribution < 1.29 is 14.7 Å². The van der Waals surface area contributed by atoms with Gasteiger partial charge in [-0.2, -0.15) is 0 Å². The van der Waals surface area contributed by atoms with Gasteiger partial charge in [-0.05, 0) is 19.9 Å². The molecule has 0 saturated heterocycles. The summed E-state index contributed by atoms with van der Waals surface area (Å²) in [6.07, 6.45) is 0.988. The summed E-state index contributed by atoms with van der Waals surface area (Å²) in [5.41, 5.74) is 0. The molecule has 0 aromatic rings. The van der Waals surface area contributed by atoms with Gasteiger partial charge in [0.1, 0.15) is 0 Å². The summed E-state index contributed by atoms with van der Waals surface area (Å²) in [4.78, 5) is 23.4. The molecule has 0 aromatic heterocycles.